The first kappa shape index (κ1) is 26.0. The number of carbonyl (C=O) groups is 3. The van der Waals surface area contributed by atoms with Gasteiger partial charge >= 0.3 is 5.97 Å². The molecule has 2 fully saturated rings. The van der Waals surface area contributed by atoms with E-state index in [1.165, 1.54) is 16.0 Å². The third kappa shape index (κ3) is 5.34. The van der Waals surface area contributed by atoms with Crippen molar-refractivity contribution in [3.05, 3.63) is 53.1 Å². The third-order valence-corrected chi connectivity index (χ3v) is 7.95. The molecule has 1 atom stereocenters. The molecule has 3 aliphatic rings. The Morgan fingerprint density at radius 1 is 1.11 bits per heavy atom. The highest BCUT2D eigenvalue weighted by molar-refractivity contribution is 6.01. The van der Waals surface area contributed by atoms with Gasteiger partial charge in [-0.05, 0) is 54.7 Å². The molecule has 5 rings (SSSR count). The molecule has 1 aliphatic carbocycles. The summed E-state index contributed by atoms with van der Waals surface area (Å²) in [6.45, 7) is 3.91. The van der Waals surface area contributed by atoms with Crippen LogP contribution < -0.4 is 14.2 Å². The number of amides is 2. The fourth-order valence-electron chi connectivity index (χ4n) is 5.56. The highest BCUT2D eigenvalue weighted by Crippen LogP contribution is 2.40. The van der Waals surface area contributed by atoms with E-state index in [-0.39, 0.29) is 55.8 Å². The Balaban J connectivity index is 1.30. The van der Waals surface area contributed by atoms with Crippen LogP contribution >= 0.6 is 0 Å². The number of fused-ring (bicyclic) bond motifs is 1. The summed E-state index contributed by atoms with van der Waals surface area (Å²) < 4.78 is 17.1. The number of ether oxygens (including phenoxy) is 3. The Morgan fingerprint density at radius 2 is 1.87 bits per heavy atom. The minimum Gasteiger partial charge on any atom is -0.493 e. The zero-order valence-electron chi connectivity index (χ0n) is 21.9. The molecular weight excluding hydrogens is 488 g/mol. The van der Waals surface area contributed by atoms with E-state index in [9.17, 15) is 19.5 Å². The number of imide groups is 1. The number of likely N-dealkylation sites (tertiary alicyclic amines) is 1. The number of carboxylic acid groups (broad SMARTS) is 1. The third-order valence-electron chi connectivity index (χ3n) is 7.95. The SMILES string of the molecule is COc1cc(CN(C2CC(C(=O)O)C2)C(C)c2ccc3c(c2)CCO3)ccc1OCCN1C(=O)CCC1=O. The zero-order valence-corrected chi connectivity index (χ0v) is 21.9. The van der Waals surface area contributed by atoms with Crippen molar-refractivity contribution in [3.8, 4) is 17.2 Å². The van der Waals surface area contributed by atoms with Crippen molar-refractivity contribution >= 4 is 17.8 Å². The summed E-state index contributed by atoms with van der Waals surface area (Å²) in [5, 5.41) is 9.45. The number of carboxylic acids is 1. The molecule has 1 unspecified atom stereocenters. The Bertz CT molecular complexity index is 1210. The topological polar surface area (TPSA) is 106 Å². The van der Waals surface area contributed by atoms with Crippen LogP contribution in [0.1, 0.15) is 55.3 Å². The van der Waals surface area contributed by atoms with Crippen molar-refractivity contribution in [2.24, 2.45) is 5.92 Å². The second-order valence-corrected chi connectivity index (χ2v) is 10.2. The number of hydrogen-bond acceptors (Lipinski definition) is 7. The maximum atomic E-state index is 11.8. The lowest BCUT2D eigenvalue weighted by Crippen LogP contribution is -2.47. The van der Waals surface area contributed by atoms with Crippen LogP contribution in [0, 0.1) is 5.92 Å². The summed E-state index contributed by atoms with van der Waals surface area (Å²) in [6.07, 6.45) is 2.68. The van der Waals surface area contributed by atoms with E-state index in [1.54, 1.807) is 7.11 Å². The van der Waals surface area contributed by atoms with Crippen LogP contribution in [0.2, 0.25) is 0 Å². The summed E-state index contributed by atoms with van der Waals surface area (Å²) in [7, 11) is 1.58. The highest BCUT2D eigenvalue weighted by Gasteiger charge is 2.40. The number of methoxy groups -OCH3 is 1. The minimum absolute atomic E-state index is 0.0816. The molecule has 9 nitrogen and oxygen atoms in total. The van der Waals surface area contributed by atoms with Gasteiger partial charge in [0.25, 0.3) is 0 Å². The first-order valence-electron chi connectivity index (χ1n) is 13.2. The number of aliphatic carboxylic acids is 1. The molecule has 1 saturated heterocycles. The normalized spacial score (nSPS) is 21.2. The molecule has 0 radical (unpaired) electrons. The van der Waals surface area contributed by atoms with Crippen LogP contribution in [0.25, 0.3) is 0 Å². The summed E-state index contributed by atoms with van der Waals surface area (Å²) in [4.78, 5) is 38.8. The molecule has 0 spiro atoms. The van der Waals surface area contributed by atoms with Gasteiger partial charge in [-0.2, -0.15) is 0 Å². The number of rotatable bonds is 11. The molecule has 2 heterocycles. The van der Waals surface area contributed by atoms with Gasteiger partial charge in [-0.25, -0.2) is 0 Å². The van der Waals surface area contributed by atoms with Crippen LogP contribution in [0.5, 0.6) is 17.2 Å². The number of carbonyl (C=O) groups excluding carboxylic acids is 2. The molecule has 0 aromatic heterocycles. The molecule has 38 heavy (non-hydrogen) atoms. The van der Waals surface area contributed by atoms with Crippen LogP contribution in [-0.2, 0) is 27.3 Å². The van der Waals surface area contributed by atoms with E-state index in [1.807, 2.05) is 24.3 Å². The van der Waals surface area contributed by atoms with E-state index in [0.29, 0.717) is 37.5 Å². The summed E-state index contributed by atoms with van der Waals surface area (Å²) >= 11 is 0. The molecule has 1 saturated carbocycles. The smallest absolute Gasteiger partial charge is 0.306 e. The molecule has 9 heteroatoms. The van der Waals surface area contributed by atoms with Gasteiger partial charge in [0.05, 0.1) is 26.2 Å². The van der Waals surface area contributed by atoms with Crippen LogP contribution in [-0.4, -0.2) is 65.6 Å². The highest BCUT2D eigenvalue weighted by atomic mass is 16.5. The van der Waals surface area contributed by atoms with E-state index < -0.39 is 5.97 Å². The molecule has 1 N–H and O–H groups in total. The maximum Gasteiger partial charge on any atom is 0.306 e. The summed E-state index contributed by atoms with van der Waals surface area (Å²) in [5.74, 6) is 0.705. The van der Waals surface area contributed by atoms with Gasteiger partial charge in [-0.1, -0.05) is 18.2 Å². The van der Waals surface area contributed by atoms with Gasteiger partial charge in [-0.15, -0.1) is 0 Å². The average molecular weight is 523 g/mol. The maximum absolute atomic E-state index is 11.8. The van der Waals surface area contributed by atoms with Crippen molar-refractivity contribution < 1.29 is 33.7 Å². The lowest BCUT2D eigenvalue weighted by Gasteiger charge is -2.44. The van der Waals surface area contributed by atoms with Gasteiger partial charge in [0, 0.05) is 37.9 Å². The van der Waals surface area contributed by atoms with E-state index in [2.05, 4.69) is 24.0 Å². The second kappa shape index (κ2) is 11.0. The van der Waals surface area contributed by atoms with E-state index in [4.69, 9.17) is 14.2 Å². The number of benzene rings is 2. The largest absolute Gasteiger partial charge is 0.493 e. The monoisotopic (exact) mass is 522 g/mol. The molecule has 2 aromatic rings. The Hall–Kier alpha value is -3.59. The molecule has 2 aromatic carbocycles. The average Bonchev–Trinajstić information content (AvgIpc) is 3.48. The second-order valence-electron chi connectivity index (χ2n) is 10.2. The van der Waals surface area contributed by atoms with Gasteiger partial charge in [0.2, 0.25) is 11.8 Å². The van der Waals surface area contributed by atoms with Crippen LogP contribution in [0.15, 0.2) is 36.4 Å². The van der Waals surface area contributed by atoms with Crippen molar-refractivity contribution in [1.82, 2.24) is 9.80 Å². The lowest BCUT2D eigenvalue weighted by atomic mass is 9.78. The van der Waals surface area contributed by atoms with Gasteiger partial charge < -0.3 is 19.3 Å². The minimum atomic E-state index is -0.732. The quantitative estimate of drug-likeness (QED) is 0.447. The van der Waals surface area contributed by atoms with E-state index in [0.717, 1.165) is 17.7 Å². The van der Waals surface area contributed by atoms with Gasteiger partial charge in [0.1, 0.15) is 12.4 Å². The first-order valence-corrected chi connectivity index (χ1v) is 13.2. The summed E-state index contributed by atoms with van der Waals surface area (Å²) in [6, 6.07) is 12.3. The van der Waals surface area contributed by atoms with Crippen molar-refractivity contribution in [1.29, 1.82) is 0 Å². The fourth-order valence-corrected chi connectivity index (χ4v) is 5.56. The van der Waals surface area contributed by atoms with E-state index >= 15 is 0 Å². The zero-order chi connectivity index (χ0) is 26.8. The number of nitrogens with zero attached hydrogens (tertiary/aromatic N) is 2. The molecule has 2 amide bonds. The predicted octanol–water partition coefficient (Wildman–Crippen LogP) is 3.58. The summed E-state index contributed by atoms with van der Waals surface area (Å²) in [5.41, 5.74) is 3.42. The first-order chi connectivity index (χ1) is 18.3. The number of hydrogen-bond donors (Lipinski definition) is 1. The van der Waals surface area contributed by atoms with Crippen LogP contribution in [0.4, 0.5) is 0 Å². The predicted molar refractivity (Wildman–Crippen MR) is 138 cm³/mol. The van der Waals surface area contributed by atoms with Crippen molar-refractivity contribution in [3.63, 3.8) is 0 Å². The van der Waals surface area contributed by atoms with Gasteiger partial charge in [0.15, 0.2) is 11.5 Å². The Labute approximate surface area is 222 Å². The Kier molecular flexibility index (Phi) is 7.56. The lowest BCUT2D eigenvalue weighted by molar-refractivity contribution is -0.147. The Morgan fingerprint density at radius 3 is 2.58 bits per heavy atom. The molecule has 0 bridgehead atoms. The van der Waals surface area contributed by atoms with Crippen molar-refractivity contribution in [2.45, 2.75) is 57.7 Å². The molecular formula is C29H34N2O7. The molecule has 2 aliphatic heterocycles. The standard InChI is InChI=1S/C29H34N2O7/c1-18(20-4-6-24-21(14-20)9-11-37-24)31(23-15-22(16-23)29(34)35)17-19-3-5-25(26(13-19)36-2)38-12-10-30-27(32)7-8-28(30)33/h3-6,13-14,18,22-23H,7-12,15-17H2,1-2H3,(H,34,35). The molecule has 202 valence electrons. The van der Waals surface area contributed by atoms with Gasteiger partial charge in [-0.3, -0.25) is 24.2 Å². The van der Waals surface area contributed by atoms with Crippen molar-refractivity contribution in [2.75, 3.05) is 26.9 Å². The fraction of sp³-hybridized carbons (Fsp3) is 0.483. The van der Waals surface area contributed by atoms with Crippen LogP contribution in [0.3, 0.4) is 0 Å².